The monoisotopic (exact) mass is 358 g/mol. The van der Waals surface area contributed by atoms with Gasteiger partial charge in [-0.2, -0.15) is 0 Å². The highest BCUT2D eigenvalue weighted by Crippen LogP contribution is 2.26. The lowest BCUT2D eigenvalue weighted by molar-refractivity contribution is 0.233. The van der Waals surface area contributed by atoms with Gasteiger partial charge in [0.05, 0.1) is 0 Å². The molecule has 1 N–H and O–H groups in total. The predicted octanol–water partition coefficient (Wildman–Crippen LogP) is 4.26. The van der Waals surface area contributed by atoms with E-state index in [-0.39, 0.29) is 24.8 Å². The predicted molar refractivity (Wildman–Crippen MR) is 99.5 cm³/mol. The number of piperazine rings is 1. The van der Waals surface area contributed by atoms with Gasteiger partial charge in [0.25, 0.3) is 0 Å². The molecule has 2 aromatic carbocycles. The van der Waals surface area contributed by atoms with Gasteiger partial charge < -0.3 is 5.32 Å². The van der Waals surface area contributed by atoms with E-state index < -0.39 is 0 Å². The molecule has 0 unspecified atom stereocenters. The van der Waals surface area contributed by atoms with Crippen LogP contribution >= 0.6 is 36.4 Å². The maximum atomic E-state index is 5.98. The highest BCUT2D eigenvalue weighted by molar-refractivity contribution is 6.30. The van der Waals surface area contributed by atoms with Gasteiger partial charge in [0, 0.05) is 37.7 Å². The number of nitrogens with zero attached hydrogens (tertiary/aromatic N) is 1. The molecule has 22 heavy (non-hydrogen) atoms. The molecule has 1 saturated heterocycles. The van der Waals surface area contributed by atoms with Gasteiger partial charge in [-0.1, -0.05) is 48.0 Å². The third-order valence-corrected chi connectivity index (χ3v) is 4.03. The Hall–Kier alpha value is -0.770. The lowest BCUT2D eigenvalue weighted by Gasteiger charge is -2.28. The summed E-state index contributed by atoms with van der Waals surface area (Å²) in [6.45, 7) is 5.43. The lowest BCUT2D eigenvalue weighted by Crippen LogP contribution is -2.42. The summed E-state index contributed by atoms with van der Waals surface area (Å²) in [6, 6.07) is 16.8. The Bertz CT molecular complexity index is 566. The Morgan fingerprint density at radius 1 is 0.909 bits per heavy atom. The molecule has 0 aliphatic carbocycles. The summed E-state index contributed by atoms with van der Waals surface area (Å²) in [6.07, 6.45) is 0. The minimum atomic E-state index is 0. The summed E-state index contributed by atoms with van der Waals surface area (Å²) < 4.78 is 0. The molecule has 1 aliphatic rings. The highest BCUT2D eigenvalue weighted by atomic mass is 35.5. The molecule has 5 heteroatoms. The van der Waals surface area contributed by atoms with E-state index in [1.807, 2.05) is 12.1 Å². The maximum Gasteiger partial charge on any atom is 0.0406 e. The lowest BCUT2D eigenvalue weighted by atomic mass is 9.99. The van der Waals surface area contributed by atoms with Crippen molar-refractivity contribution in [2.24, 2.45) is 0 Å². The molecule has 2 nitrogen and oxygen atoms in total. The van der Waals surface area contributed by atoms with Gasteiger partial charge in [0.1, 0.15) is 0 Å². The Labute approximate surface area is 149 Å². The Morgan fingerprint density at radius 3 is 2.23 bits per heavy atom. The van der Waals surface area contributed by atoms with Crippen LogP contribution in [0.3, 0.4) is 0 Å². The minimum Gasteiger partial charge on any atom is -0.314 e. The number of rotatable bonds is 3. The van der Waals surface area contributed by atoms with Crippen LogP contribution < -0.4 is 5.32 Å². The van der Waals surface area contributed by atoms with Gasteiger partial charge in [0.15, 0.2) is 0 Å². The SMILES string of the molecule is Cl.Cl.Clc1ccc(-c2ccccc2CN2CCNCC2)cc1. The van der Waals surface area contributed by atoms with E-state index in [9.17, 15) is 0 Å². The van der Waals surface area contributed by atoms with Crippen LogP contribution in [0.4, 0.5) is 0 Å². The quantitative estimate of drug-likeness (QED) is 0.881. The third kappa shape index (κ3) is 4.87. The standard InChI is InChI=1S/C17H19ClN2.2ClH/c18-16-7-5-14(6-8-16)17-4-2-1-3-15(17)13-20-11-9-19-10-12-20;;/h1-8,19H,9-13H2;2*1H. The van der Waals surface area contributed by atoms with Crippen molar-refractivity contribution < 1.29 is 0 Å². The zero-order chi connectivity index (χ0) is 13.8. The molecule has 0 aromatic heterocycles. The normalized spacial score (nSPS) is 14.8. The van der Waals surface area contributed by atoms with Crippen LogP contribution in [0.5, 0.6) is 0 Å². The fraction of sp³-hybridized carbons (Fsp3) is 0.294. The van der Waals surface area contributed by atoms with Gasteiger partial charge in [-0.3, -0.25) is 4.90 Å². The fourth-order valence-corrected chi connectivity index (χ4v) is 2.81. The topological polar surface area (TPSA) is 15.3 Å². The van der Waals surface area contributed by atoms with Crippen LogP contribution in [0.25, 0.3) is 11.1 Å². The molecule has 3 rings (SSSR count). The zero-order valence-electron chi connectivity index (χ0n) is 12.3. The highest BCUT2D eigenvalue weighted by Gasteiger charge is 2.12. The van der Waals surface area contributed by atoms with E-state index in [0.717, 1.165) is 37.7 Å². The van der Waals surface area contributed by atoms with Crippen LogP contribution in [0.2, 0.25) is 5.02 Å². The largest absolute Gasteiger partial charge is 0.314 e. The smallest absolute Gasteiger partial charge is 0.0406 e. The molecule has 0 saturated carbocycles. The summed E-state index contributed by atoms with van der Waals surface area (Å²) in [4.78, 5) is 2.51. The number of nitrogens with one attached hydrogen (secondary N) is 1. The third-order valence-electron chi connectivity index (χ3n) is 3.78. The van der Waals surface area contributed by atoms with Crippen molar-refractivity contribution in [1.29, 1.82) is 0 Å². The van der Waals surface area contributed by atoms with E-state index >= 15 is 0 Å². The molecule has 0 spiro atoms. The molecule has 0 bridgehead atoms. The van der Waals surface area contributed by atoms with Crippen LogP contribution in [0.15, 0.2) is 48.5 Å². The van der Waals surface area contributed by atoms with Crippen LogP contribution in [0.1, 0.15) is 5.56 Å². The van der Waals surface area contributed by atoms with Gasteiger partial charge >= 0.3 is 0 Å². The first-order chi connectivity index (χ1) is 9.83. The van der Waals surface area contributed by atoms with Crippen molar-refractivity contribution in [2.45, 2.75) is 6.54 Å². The van der Waals surface area contributed by atoms with Gasteiger partial charge in [-0.05, 0) is 28.8 Å². The molecule has 0 atom stereocenters. The Morgan fingerprint density at radius 2 is 1.55 bits per heavy atom. The number of halogens is 3. The van der Waals surface area contributed by atoms with Crippen molar-refractivity contribution in [2.75, 3.05) is 26.2 Å². The first kappa shape index (κ1) is 19.3. The molecule has 1 fully saturated rings. The van der Waals surface area contributed by atoms with Gasteiger partial charge in [-0.15, -0.1) is 24.8 Å². The van der Waals surface area contributed by atoms with E-state index in [2.05, 4.69) is 46.6 Å². The number of benzene rings is 2. The van der Waals surface area contributed by atoms with Crippen molar-refractivity contribution in [3.63, 3.8) is 0 Å². The number of hydrogen-bond donors (Lipinski definition) is 1. The second kappa shape index (κ2) is 9.39. The molecule has 0 amide bonds. The van der Waals surface area contributed by atoms with Crippen molar-refractivity contribution in [1.82, 2.24) is 10.2 Å². The molecule has 2 aromatic rings. The first-order valence-corrected chi connectivity index (χ1v) is 7.48. The summed E-state index contributed by atoms with van der Waals surface area (Å²) in [5.74, 6) is 0. The minimum absolute atomic E-state index is 0. The molecule has 0 radical (unpaired) electrons. The summed E-state index contributed by atoms with van der Waals surface area (Å²) >= 11 is 5.98. The van der Waals surface area contributed by atoms with E-state index in [1.165, 1.54) is 16.7 Å². The fourth-order valence-electron chi connectivity index (χ4n) is 2.68. The van der Waals surface area contributed by atoms with E-state index in [4.69, 9.17) is 11.6 Å². The molecule has 120 valence electrons. The summed E-state index contributed by atoms with van der Waals surface area (Å²) in [5.41, 5.74) is 3.93. The maximum absolute atomic E-state index is 5.98. The molecule has 1 heterocycles. The second-order valence-corrected chi connectivity index (χ2v) is 5.63. The molecular weight excluding hydrogens is 339 g/mol. The Kier molecular flexibility index (Phi) is 8.23. The summed E-state index contributed by atoms with van der Waals surface area (Å²) in [5, 5.41) is 4.18. The first-order valence-electron chi connectivity index (χ1n) is 7.10. The van der Waals surface area contributed by atoms with Crippen LogP contribution in [-0.4, -0.2) is 31.1 Å². The van der Waals surface area contributed by atoms with Gasteiger partial charge in [-0.25, -0.2) is 0 Å². The van der Waals surface area contributed by atoms with Crippen molar-refractivity contribution in [3.05, 3.63) is 59.1 Å². The summed E-state index contributed by atoms with van der Waals surface area (Å²) in [7, 11) is 0. The van der Waals surface area contributed by atoms with Crippen LogP contribution in [-0.2, 0) is 6.54 Å². The Balaban J connectivity index is 0.00000121. The molecule has 1 aliphatic heterocycles. The average Bonchev–Trinajstić information content (AvgIpc) is 2.50. The number of hydrogen-bond acceptors (Lipinski definition) is 2. The zero-order valence-corrected chi connectivity index (χ0v) is 14.7. The van der Waals surface area contributed by atoms with Crippen molar-refractivity contribution >= 4 is 36.4 Å². The average molecular weight is 360 g/mol. The molecular formula is C17H21Cl3N2. The van der Waals surface area contributed by atoms with Crippen molar-refractivity contribution in [3.8, 4) is 11.1 Å². The van der Waals surface area contributed by atoms with E-state index in [0.29, 0.717) is 0 Å². The van der Waals surface area contributed by atoms with Gasteiger partial charge in [0.2, 0.25) is 0 Å². The van der Waals surface area contributed by atoms with E-state index in [1.54, 1.807) is 0 Å². The second-order valence-electron chi connectivity index (χ2n) is 5.19. The van der Waals surface area contributed by atoms with Crippen LogP contribution in [0, 0.1) is 0 Å².